The van der Waals surface area contributed by atoms with Crippen molar-refractivity contribution in [3.63, 3.8) is 0 Å². The molecule has 3 heteroatoms. The van der Waals surface area contributed by atoms with Gasteiger partial charge >= 0.3 is 0 Å². The second-order valence-electron chi connectivity index (χ2n) is 4.94. The van der Waals surface area contributed by atoms with Crippen molar-refractivity contribution in [1.82, 2.24) is 14.7 Å². The lowest BCUT2D eigenvalue weighted by Gasteiger charge is -2.44. The van der Waals surface area contributed by atoms with Crippen molar-refractivity contribution in [2.45, 2.75) is 6.29 Å². The lowest BCUT2D eigenvalue weighted by atomic mass is 10.3. The molecule has 0 unspecified atom stereocenters. The molecule has 0 aliphatic heterocycles. The molecule has 0 heterocycles. The monoisotopic (exact) mass is 301 g/mol. The maximum atomic E-state index is 3.87. The summed E-state index contributed by atoms with van der Waals surface area (Å²) in [4.78, 5) is 6.92. The van der Waals surface area contributed by atoms with Gasteiger partial charge in [-0.3, -0.25) is 14.7 Å². The molecule has 0 aromatic carbocycles. The maximum Gasteiger partial charge on any atom is 0.121 e. The lowest BCUT2D eigenvalue weighted by Crippen LogP contribution is -2.58. The summed E-state index contributed by atoms with van der Waals surface area (Å²) in [7, 11) is 0. The van der Waals surface area contributed by atoms with Crippen LogP contribution in [-0.2, 0) is 0 Å². The van der Waals surface area contributed by atoms with Crippen molar-refractivity contribution < 1.29 is 0 Å². The van der Waals surface area contributed by atoms with Gasteiger partial charge in [0.1, 0.15) is 6.29 Å². The number of rotatable bonds is 15. The van der Waals surface area contributed by atoms with Crippen molar-refractivity contribution in [1.29, 1.82) is 0 Å². The smallest absolute Gasteiger partial charge is 0.121 e. The second kappa shape index (κ2) is 13.0. The predicted octanol–water partition coefficient (Wildman–Crippen LogP) is 3.29. The minimum atomic E-state index is 0.0722. The Morgan fingerprint density at radius 3 is 0.773 bits per heavy atom. The van der Waals surface area contributed by atoms with Crippen molar-refractivity contribution >= 4 is 0 Å². The highest BCUT2D eigenvalue weighted by molar-refractivity contribution is 4.92. The minimum absolute atomic E-state index is 0.0722. The van der Waals surface area contributed by atoms with Crippen molar-refractivity contribution in [3.8, 4) is 0 Å². The molecule has 0 fully saturated rings. The van der Waals surface area contributed by atoms with E-state index in [1.54, 1.807) is 0 Å². The Bertz CT molecular complexity index is 286. The van der Waals surface area contributed by atoms with Gasteiger partial charge in [0.15, 0.2) is 0 Å². The van der Waals surface area contributed by atoms with Gasteiger partial charge in [-0.25, -0.2) is 0 Å². The van der Waals surface area contributed by atoms with Gasteiger partial charge in [-0.2, -0.15) is 0 Å². The Morgan fingerprint density at radius 2 is 0.636 bits per heavy atom. The fraction of sp³-hybridized carbons (Fsp3) is 0.368. The topological polar surface area (TPSA) is 9.72 Å². The molecule has 0 N–H and O–H groups in total. The van der Waals surface area contributed by atoms with Gasteiger partial charge in [-0.15, -0.1) is 39.5 Å². The first-order chi connectivity index (χ1) is 10.7. The normalized spacial score (nSPS) is 10.9. The van der Waals surface area contributed by atoms with Crippen LogP contribution < -0.4 is 0 Å². The van der Waals surface area contributed by atoms with E-state index in [9.17, 15) is 0 Å². The van der Waals surface area contributed by atoms with E-state index in [-0.39, 0.29) is 6.29 Å². The third-order valence-electron chi connectivity index (χ3n) is 3.16. The van der Waals surface area contributed by atoms with Gasteiger partial charge in [0, 0.05) is 39.3 Å². The first kappa shape index (κ1) is 20.3. The SMILES string of the molecule is C=CCN(CC=C)C(N(CC=C)CC=C)N(CC=C)CC=C. The molecule has 0 aliphatic rings. The highest BCUT2D eigenvalue weighted by atomic mass is 15.5. The zero-order valence-corrected chi connectivity index (χ0v) is 13.9. The van der Waals surface area contributed by atoms with Gasteiger partial charge in [0.2, 0.25) is 0 Å². The minimum Gasteiger partial charge on any atom is -0.268 e. The summed E-state index contributed by atoms with van der Waals surface area (Å²) < 4.78 is 0. The van der Waals surface area contributed by atoms with E-state index in [0.717, 1.165) is 39.3 Å². The quantitative estimate of drug-likeness (QED) is 0.339. The summed E-state index contributed by atoms with van der Waals surface area (Å²) in [5, 5.41) is 0. The van der Waals surface area contributed by atoms with E-state index in [1.807, 2.05) is 36.5 Å². The Kier molecular flexibility index (Phi) is 12.0. The molecule has 0 atom stereocenters. The molecule has 0 aromatic rings. The van der Waals surface area contributed by atoms with Gasteiger partial charge in [-0.05, 0) is 0 Å². The molecule has 0 saturated heterocycles. The van der Waals surface area contributed by atoms with Crippen LogP contribution in [0.15, 0.2) is 75.9 Å². The van der Waals surface area contributed by atoms with Crippen LogP contribution in [0.5, 0.6) is 0 Å². The van der Waals surface area contributed by atoms with Crippen LogP contribution in [0.2, 0.25) is 0 Å². The summed E-state index contributed by atoms with van der Waals surface area (Å²) in [6, 6.07) is 0. The molecule has 0 aromatic heterocycles. The zero-order chi connectivity index (χ0) is 16.8. The molecule has 22 heavy (non-hydrogen) atoms. The van der Waals surface area contributed by atoms with Gasteiger partial charge in [0.05, 0.1) is 0 Å². The van der Waals surface area contributed by atoms with Crippen LogP contribution in [0.25, 0.3) is 0 Å². The van der Waals surface area contributed by atoms with E-state index < -0.39 is 0 Å². The highest BCUT2D eigenvalue weighted by Gasteiger charge is 2.27. The molecular weight excluding hydrogens is 270 g/mol. The first-order valence-electron chi connectivity index (χ1n) is 7.57. The van der Waals surface area contributed by atoms with Crippen molar-refractivity contribution in [2.24, 2.45) is 0 Å². The summed E-state index contributed by atoms with van der Waals surface area (Å²) >= 11 is 0. The molecule has 0 aliphatic carbocycles. The number of nitrogens with zero attached hydrogens (tertiary/aromatic N) is 3. The maximum absolute atomic E-state index is 3.87. The van der Waals surface area contributed by atoms with Crippen LogP contribution >= 0.6 is 0 Å². The third-order valence-corrected chi connectivity index (χ3v) is 3.16. The third kappa shape index (κ3) is 6.85. The van der Waals surface area contributed by atoms with E-state index in [2.05, 4.69) is 54.2 Å². The second-order valence-corrected chi connectivity index (χ2v) is 4.94. The zero-order valence-electron chi connectivity index (χ0n) is 13.9. The van der Waals surface area contributed by atoms with E-state index in [1.165, 1.54) is 0 Å². The molecule has 3 nitrogen and oxygen atoms in total. The molecule has 0 radical (unpaired) electrons. The molecule has 0 bridgehead atoms. The summed E-state index contributed by atoms with van der Waals surface area (Å²) in [6.07, 6.45) is 11.6. The number of hydrogen-bond acceptors (Lipinski definition) is 3. The van der Waals surface area contributed by atoms with E-state index >= 15 is 0 Å². The van der Waals surface area contributed by atoms with E-state index in [4.69, 9.17) is 0 Å². The molecule has 122 valence electrons. The fourth-order valence-corrected chi connectivity index (χ4v) is 2.48. The molecule has 0 rings (SSSR count). The predicted molar refractivity (Wildman–Crippen MR) is 99.7 cm³/mol. The molecule has 0 amide bonds. The van der Waals surface area contributed by atoms with Crippen LogP contribution in [0.1, 0.15) is 0 Å². The Morgan fingerprint density at radius 1 is 0.455 bits per heavy atom. The van der Waals surface area contributed by atoms with Crippen LogP contribution in [0, 0.1) is 0 Å². The van der Waals surface area contributed by atoms with Crippen molar-refractivity contribution in [2.75, 3.05) is 39.3 Å². The van der Waals surface area contributed by atoms with Crippen molar-refractivity contribution in [3.05, 3.63) is 75.9 Å². The Balaban J connectivity index is 5.61. The van der Waals surface area contributed by atoms with Gasteiger partial charge in [0.25, 0.3) is 0 Å². The van der Waals surface area contributed by atoms with Crippen LogP contribution in [-0.4, -0.2) is 60.3 Å². The first-order valence-corrected chi connectivity index (χ1v) is 7.57. The summed E-state index contributed by atoms with van der Waals surface area (Å²) in [5.74, 6) is 0. The summed E-state index contributed by atoms with van der Waals surface area (Å²) in [6.45, 7) is 27.9. The van der Waals surface area contributed by atoms with Crippen LogP contribution in [0.3, 0.4) is 0 Å². The molecular formula is C19H31N3. The van der Waals surface area contributed by atoms with Gasteiger partial charge in [-0.1, -0.05) is 36.5 Å². The standard InChI is InChI=1S/C19H31N3/c1-7-13-20(14-8-2)19(21(15-9-3)16-10-4)22(17-11-5)18-12-6/h7-12,19H,1-6,13-18H2. The highest BCUT2D eigenvalue weighted by Crippen LogP contribution is 2.13. The van der Waals surface area contributed by atoms with E-state index in [0.29, 0.717) is 0 Å². The van der Waals surface area contributed by atoms with Gasteiger partial charge < -0.3 is 0 Å². The Hall–Kier alpha value is -1.68. The summed E-state index contributed by atoms with van der Waals surface area (Å²) in [5.41, 5.74) is 0. The average Bonchev–Trinajstić information content (AvgIpc) is 2.49. The lowest BCUT2D eigenvalue weighted by molar-refractivity contribution is -0.0408. The molecule has 0 spiro atoms. The molecule has 0 saturated carbocycles. The fourth-order valence-electron chi connectivity index (χ4n) is 2.48. The van der Waals surface area contributed by atoms with Crippen LogP contribution in [0.4, 0.5) is 0 Å². The average molecular weight is 301 g/mol. The Labute approximate surface area is 136 Å². The largest absolute Gasteiger partial charge is 0.268 e. The number of hydrogen-bond donors (Lipinski definition) is 0.